The number of amides is 1. The minimum Gasteiger partial charge on any atom is -0.391 e. The second kappa shape index (κ2) is 9.89. The minimum atomic E-state index is -4.64. The van der Waals surface area contributed by atoms with Gasteiger partial charge >= 0.3 is 5.51 Å². The number of aliphatic hydroxyl groups excluding tert-OH is 1. The molecule has 0 saturated carbocycles. The molecule has 2 aromatic heterocycles. The lowest BCUT2D eigenvalue weighted by Crippen LogP contribution is -2.23. The maximum absolute atomic E-state index is 14.1. The van der Waals surface area contributed by atoms with Crippen LogP contribution in [0.25, 0.3) is 11.1 Å². The zero-order valence-electron chi connectivity index (χ0n) is 17.9. The summed E-state index contributed by atoms with van der Waals surface area (Å²) in [6.07, 6.45) is 4.24. The SMILES string of the molecule is N#Cc1cncc(-c2cc(C(=O)Nc3ccc(SC(F)(F)F)c(F)c3)cnc2N2CCC(O)C2)c1. The van der Waals surface area contributed by atoms with Crippen molar-refractivity contribution in [3.05, 3.63) is 65.9 Å². The van der Waals surface area contributed by atoms with Gasteiger partial charge in [-0.3, -0.25) is 9.78 Å². The number of thioether (sulfide) groups is 1. The van der Waals surface area contributed by atoms with E-state index in [1.165, 1.54) is 30.7 Å². The average Bonchev–Trinajstić information content (AvgIpc) is 3.25. The van der Waals surface area contributed by atoms with Gasteiger partial charge in [0.15, 0.2) is 0 Å². The number of carbonyl (C=O) groups is 1. The summed E-state index contributed by atoms with van der Waals surface area (Å²) in [4.78, 5) is 22.6. The molecule has 3 heterocycles. The molecule has 7 nitrogen and oxygen atoms in total. The van der Waals surface area contributed by atoms with E-state index < -0.39 is 40.0 Å². The van der Waals surface area contributed by atoms with Gasteiger partial charge in [0.2, 0.25) is 0 Å². The number of pyridine rings is 2. The molecular formula is C23H17F4N5O2S. The fourth-order valence-corrected chi connectivity index (χ4v) is 4.16. The lowest BCUT2D eigenvalue weighted by molar-refractivity contribution is -0.0329. The van der Waals surface area contributed by atoms with Gasteiger partial charge < -0.3 is 15.3 Å². The Balaban J connectivity index is 1.64. The second-order valence-electron chi connectivity index (χ2n) is 7.70. The van der Waals surface area contributed by atoms with E-state index in [4.69, 9.17) is 0 Å². The molecule has 0 bridgehead atoms. The number of nitrogens with zero attached hydrogens (tertiary/aromatic N) is 4. The van der Waals surface area contributed by atoms with Crippen LogP contribution >= 0.6 is 11.8 Å². The number of nitriles is 1. The number of β-amino-alcohol motifs (C(OH)–C–C–N with tert-alkyl or cyclic N) is 1. The van der Waals surface area contributed by atoms with Gasteiger partial charge in [0.05, 0.1) is 22.1 Å². The molecular weight excluding hydrogens is 486 g/mol. The van der Waals surface area contributed by atoms with Gasteiger partial charge in [0.25, 0.3) is 5.91 Å². The Morgan fingerprint density at radius 1 is 1.23 bits per heavy atom. The Labute approximate surface area is 201 Å². The van der Waals surface area contributed by atoms with E-state index in [0.717, 1.165) is 12.1 Å². The molecule has 2 N–H and O–H groups in total. The Morgan fingerprint density at radius 2 is 2.03 bits per heavy atom. The highest BCUT2D eigenvalue weighted by Gasteiger charge is 2.31. The van der Waals surface area contributed by atoms with Gasteiger partial charge in [-0.2, -0.15) is 18.4 Å². The molecule has 1 atom stereocenters. The monoisotopic (exact) mass is 503 g/mol. The van der Waals surface area contributed by atoms with E-state index in [1.807, 2.05) is 11.0 Å². The Morgan fingerprint density at radius 3 is 2.69 bits per heavy atom. The van der Waals surface area contributed by atoms with Gasteiger partial charge in [-0.1, -0.05) is 0 Å². The Bertz CT molecular complexity index is 1310. The molecule has 3 aromatic rings. The summed E-state index contributed by atoms with van der Waals surface area (Å²) in [7, 11) is 0. The molecule has 180 valence electrons. The molecule has 4 rings (SSSR count). The minimum absolute atomic E-state index is 0.0274. The summed E-state index contributed by atoms with van der Waals surface area (Å²) in [5, 5.41) is 21.6. The third-order valence-corrected chi connectivity index (χ3v) is 5.97. The normalized spacial score (nSPS) is 15.7. The third kappa shape index (κ3) is 5.87. The summed E-state index contributed by atoms with van der Waals surface area (Å²) in [6, 6.07) is 8.04. The first kappa shape index (κ1) is 24.4. The van der Waals surface area contributed by atoms with Crippen molar-refractivity contribution in [3.63, 3.8) is 0 Å². The van der Waals surface area contributed by atoms with E-state index in [-0.39, 0.29) is 11.3 Å². The number of alkyl halides is 3. The van der Waals surface area contributed by atoms with Gasteiger partial charge in [-0.25, -0.2) is 9.37 Å². The molecule has 0 aliphatic carbocycles. The fraction of sp³-hybridized carbons (Fsp3) is 0.217. The zero-order valence-corrected chi connectivity index (χ0v) is 18.7. The Kier molecular flexibility index (Phi) is 6.90. The van der Waals surface area contributed by atoms with Crippen molar-refractivity contribution in [1.29, 1.82) is 5.26 Å². The van der Waals surface area contributed by atoms with Crippen LogP contribution in [0, 0.1) is 17.1 Å². The predicted octanol–water partition coefficient (Wildman–Crippen LogP) is 4.59. The predicted molar refractivity (Wildman–Crippen MR) is 121 cm³/mol. The van der Waals surface area contributed by atoms with Crippen molar-refractivity contribution >= 4 is 29.2 Å². The summed E-state index contributed by atoms with van der Waals surface area (Å²) >= 11 is -0.581. The molecule has 1 saturated heterocycles. The molecule has 1 aliphatic rings. The molecule has 12 heteroatoms. The maximum atomic E-state index is 14.1. The lowest BCUT2D eigenvalue weighted by atomic mass is 10.0. The summed E-state index contributed by atoms with van der Waals surface area (Å²) in [5.74, 6) is -1.28. The molecule has 0 spiro atoms. The number of benzene rings is 1. The molecule has 35 heavy (non-hydrogen) atoms. The maximum Gasteiger partial charge on any atom is 0.446 e. The highest BCUT2D eigenvalue weighted by atomic mass is 32.2. The molecule has 1 unspecified atom stereocenters. The third-order valence-electron chi connectivity index (χ3n) is 5.19. The standard InChI is InChI=1S/C23H17F4N5O2S/c24-19-7-16(1-2-20(19)35-23(25,26)27)31-22(34)15-6-18(14-5-13(8-28)9-29-10-14)21(30-11-15)32-4-3-17(33)12-32/h1-2,5-7,9-11,17,33H,3-4,12H2,(H,31,34). The van der Waals surface area contributed by atoms with Gasteiger partial charge in [0, 0.05) is 48.5 Å². The first-order chi connectivity index (χ1) is 16.6. The van der Waals surface area contributed by atoms with Gasteiger partial charge in [0.1, 0.15) is 17.7 Å². The highest BCUT2D eigenvalue weighted by molar-refractivity contribution is 8.00. The van der Waals surface area contributed by atoms with Crippen LogP contribution in [0.4, 0.5) is 29.1 Å². The number of hydrogen-bond acceptors (Lipinski definition) is 7. The highest BCUT2D eigenvalue weighted by Crippen LogP contribution is 2.39. The number of rotatable bonds is 5. The number of aliphatic hydroxyl groups is 1. The second-order valence-corrected chi connectivity index (χ2v) is 8.81. The van der Waals surface area contributed by atoms with Crippen LogP contribution < -0.4 is 10.2 Å². The van der Waals surface area contributed by atoms with E-state index in [9.17, 15) is 32.7 Å². The van der Waals surface area contributed by atoms with E-state index in [0.29, 0.717) is 42.0 Å². The van der Waals surface area contributed by atoms with Crippen LogP contribution in [0.3, 0.4) is 0 Å². The summed E-state index contributed by atoms with van der Waals surface area (Å²) in [5.41, 5.74) is -3.24. The van der Waals surface area contributed by atoms with Crippen LogP contribution in [0.2, 0.25) is 0 Å². The van der Waals surface area contributed by atoms with Crippen LogP contribution in [0.5, 0.6) is 0 Å². The van der Waals surface area contributed by atoms with Crippen molar-refractivity contribution < 1.29 is 27.5 Å². The molecule has 1 aliphatic heterocycles. The first-order valence-electron chi connectivity index (χ1n) is 10.3. The van der Waals surface area contributed by atoms with Gasteiger partial charge in [-0.05, 0) is 48.5 Å². The van der Waals surface area contributed by atoms with Crippen molar-refractivity contribution in [2.45, 2.75) is 22.9 Å². The summed E-state index contributed by atoms with van der Waals surface area (Å²) < 4.78 is 51.7. The molecule has 0 radical (unpaired) electrons. The van der Waals surface area contributed by atoms with Crippen LogP contribution in [-0.2, 0) is 0 Å². The first-order valence-corrected chi connectivity index (χ1v) is 11.1. The average molecular weight is 503 g/mol. The largest absolute Gasteiger partial charge is 0.446 e. The number of aromatic nitrogens is 2. The zero-order chi connectivity index (χ0) is 25.2. The molecule has 1 fully saturated rings. The fourth-order valence-electron chi connectivity index (χ4n) is 3.62. The lowest BCUT2D eigenvalue weighted by Gasteiger charge is -2.21. The number of nitrogens with one attached hydrogen (secondary N) is 1. The van der Waals surface area contributed by atoms with E-state index >= 15 is 0 Å². The van der Waals surface area contributed by atoms with Crippen molar-refractivity contribution in [1.82, 2.24) is 9.97 Å². The number of anilines is 2. The van der Waals surface area contributed by atoms with E-state index in [2.05, 4.69) is 15.3 Å². The molecule has 1 amide bonds. The van der Waals surface area contributed by atoms with Gasteiger partial charge in [-0.15, -0.1) is 0 Å². The van der Waals surface area contributed by atoms with Crippen molar-refractivity contribution in [2.75, 3.05) is 23.3 Å². The number of carbonyl (C=O) groups excluding carboxylic acids is 1. The van der Waals surface area contributed by atoms with Crippen LogP contribution in [0.15, 0.2) is 53.8 Å². The number of halogens is 4. The summed E-state index contributed by atoms with van der Waals surface area (Å²) in [6.45, 7) is 0.887. The Hall–Kier alpha value is -3.69. The van der Waals surface area contributed by atoms with Crippen molar-refractivity contribution in [2.24, 2.45) is 0 Å². The van der Waals surface area contributed by atoms with E-state index in [1.54, 1.807) is 6.07 Å². The quantitative estimate of drug-likeness (QED) is 0.388. The molecule has 1 aromatic carbocycles. The topological polar surface area (TPSA) is 102 Å². The smallest absolute Gasteiger partial charge is 0.391 e. The number of hydrogen-bond donors (Lipinski definition) is 2. The van der Waals surface area contributed by atoms with Crippen LogP contribution in [-0.4, -0.2) is 45.7 Å². The van der Waals surface area contributed by atoms with Crippen molar-refractivity contribution in [3.8, 4) is 17.2 Å². The van der Waals surface area contributed by atoms with Crippen LogP contribution in [0.1, 0.15) is 22.3 Å².